The van der Waals surface area contributed by atoms with Crippen LogP contribution in [0.2, 0.25) is 0 Å². The number of anilines is 1. The number of hydrogen-bond acceptors (Lipinski definition) is 4. The summed E-state index contributed by atoms with van der Waals surface area (Å²) in [7, 11) is -2.34. The highest BCUT2D eigenvalue weighted by Gasteiger charge is 2.29. The van der Waals surface area contributed by atoms with Gasteiger partial charge in [0, 0.05) is 0 Å². The van der Waals surface area contributed by atoms with E-state index in [0.29, 0.717) is 12.1 Å². The molecule has 3 aromatic rings. The molecule has 33 heavy (non-hydrogen) atoms. The Hall–Kier alpha value is -3.32. The molecule has 0 aliphatic carbocycles. The van der Waals surface area contributed by atoms with E-state index < -0.39 is 10.0 Å². The van der Waals surface area contributed by atoms with Crippen LogP contribution >= 0.6 is 0 Å². The van der Waals surface area contributed by atoms with Gasteiger partial charge in [0.05, 0.1) is 23.7 Å². The average molecular weight is 467 g/mol. The Labute approximate surface area is 196 Å². The van der Waals surface area contributed by atoms with Crippen molar-refractivity contribution in [2.24, 2.45) is 0 Å². The SMILES string of the molecule is CC[C@@H](NC(=O)CN(c1ccc(C)cc1C)S(=O)(=O)c1ccccc1)c1ccc(OC)cc1. The molecule has 0 aliphatic rings. The van der Waals surface area contributed by atoms with Crippen molar-refractivity contribution in [2.75, 3.05) is 18.0 Å². The fourth-order valence-electron chi connectivity index (χ4n) is 3.73. The van der Waals surface area contributed by atoms with Crippen molar-refractivity contribution in [3.63, 3.8) is 0 Å². The second kappa shape index (κ2) is 10.5. The molecule has 0 radical (unpaired) electrons. The molecule has 1 atom stereocenters. The molecule has 3 aromatic carbocycles. The van der Waals surface area contributed by atoms with Crippen LogP contribution in [-0.2, 0) is 14.8 Å². The lowest BCUT2D eigenvalue weighted by atomic mass is 10.0. The predicted octanol–water partition coefficient (Wildman–Crippen LogP) is 4.77. The minimum atomic E-state index is -3.94. The number of methoxy groups -OCH3 is 1. The Morgan fingerprint density at radius 2 is 1.67 bits per heavy atom. The van der Waals surface area contributed by atoms with Gasteiger partial charge in [-0.15, -0.1) is 0 Å². The monoisotopic (exact) mass is 466 g/mol. The van der Waals surface area contributed by atoms with Crippen LogP contribution in [0, 0.1) is 13.8 Å². The number of ether oxygens (including phenoxy) is 1. The second-order valence-corrected chi connectivity index (χ2v) is 9.78. The summed E-state index contributed by atoms with van der Waals surface area (Å²) in [6, 6.07) is 20.9. The molecule has 6 nitrogen and oxygen atoms in total. The van der Waals surface area contributed by atoms with Crippen LogP contribution in [0.15, 0.2) is 77.7 Å². The van der Waals surface area contributed by atoms with E-state index in [0.717, 1.165) is 22.4 Å². The largest absolute Gasteiger partial charge is 0.497 e. The molecule has 0 saturated heterocycles. The van der Waals surface area contributed by atoms with Crippen molar-refractivity contribution in [3.05, 3.63) is 89.5 Å². The molecule has 0 aromatic heterocycles. The quantitative estimate of drug-likeness (QED) is 0.493. The smallest absolute Gasteiger partial charge is 0.264 e. The number of carbonyl (C=O) groups excluding carboxylic acids is 1. The van der Waals surface area contributed by atoms with Crippen LogP contribution in [0.3, 0.4) is 0 Å². The molecule has 0 bridgehead atoms. The molecular formula is C26H30N2O4S. The molecule has 0 saturated carbocycles. The van der Waals surface area contributed by atoms with Crippen molar-refractivity contribution in [1.29, 1.82) is 0 Å². The number of aryl methyl sites for hydroxylation is 2. The van der Waals surface area contributed by atoms with Crippen LogP contribution in [0.1, 0.15) is 36.1 Å². The van der Waals surface area contributed by atoms with Crippen LogP contribution in [-0.4, -0.2) is 28.0 Å². The maximum Gasteiger partial charge on any atom is 0.264 e. The summed E-state index contributed by atoms with van der Waals surface area (Å²) in [5.41, 5.74) is 3.21. The number of benzene rings is 3. The fourth-order valence-corrected chi connectivity index (χ4v) is 5.24. The first-order valence-corrected chi connectivity index (χ1v) is 12.3. The highest BCUT2D eigenvalue weighted by atomic mass is 32.2. The van der Waals surface area contributed by atoms with Crippen LogP contribution in [0.25, 0.3) is 0 Å². The summed E-state index contributed by atoms with van der Waals surface area (Å²) in [5, 5.41) is 2.99. The van der Waals surface area contributed by atoms with Gasteiger partial charge in [-0.1, -0.05) is 55.0 Å². The number of nitrogens with one attached hydrogen (secondary N) is 1. The van der Waals surface area contributed by atoms with Crippen LogP contribution < -0.4 is 14.4 Å². The summed E-state index contributed by atoms with van der Waals surface area (Å²) in [6.07, 6.45) is 0.660. The first-order valence-electron chi connectivity index (χ1n) is 10.8. The molecule has 0 aliphatic heterocycles. The zero-order chi connectivity index (χ0) is 24.0. The molecule has 3 rings (SSSR count). The van der Waals surface area contributed by atoms with E-state index in [1.165, 1.54) is 16.4 Å². The molecule has 1 N–H and O–H groups in total. The fraction of sp³-hybridized carbons (Fsp3) is 0.269. The predicted molar refractivity (Wildman–Crippen MR) is 131 cm³/mol. The maximum atomic E-state index is 13.5. The minimum absolute atomic E-state index is 0.139. The maximum absolute atomic E-state index is 13.5. The lowest BCUT2D eigenvalue weighted by molar-refractivity contribution is -0.120. The summed E-state index contributed by atoms with van der Waals surface area (Å²) in [4.78, 5) is 13.2. The number of nitrogens with zero attached hydrogens (tertiary/aromatic N) is 1. The molecule has 1 amide bonds. The number of carbonyl (C=O) groups is 1. The second-order valence-electron chi connectivity index (χ2n) is 7.92. The van der Waals surface area contributed by atoms with E-state index >= 15 is 0 Å². The van der Waals surface area contributed by atoms with Gasteiger partial charge in [-0.25, -0.2) is 8.42 Å². The Kier molecular flexibility index (Phi) is 7.76. The highest BCUT2D eigenvalue weighted by molar-refractivity contribution is 7.92. The van der Waals surface area contributed by atoms with Crippen molar-refractivity contribution in [2.45, 2.75) is 38.1 Å². The van der Waals surface area contributed by atoms with Crippen molar-refractivity contribution < 1.29 is 17.9 Å². The molecular weight excluding hydrogens is 436 g/mol. The third-order valence-corrected chi connectivity index (χ3v) is 7.27. The minimum Gasteiger partial charge on any atom is -0.497 e. The van der Waals surface area contributed by atoms with E-state index in [2.05, 4.69) is 5.32 Å². The van der Waals surface area contributed by atoms with E-state index in [9.17, 15) is 13.2 Å². The van der Waals surface area contributed by atoms with E-state index in [-0.39, 0.29) is 23.4 Å². The first kappa shape index (κ1) is 24.3. The van der Waals surface area contributed by atoms with Crippen molar-refractivity contribution >= 4 is 21.6 Å². The highest BCUT2D eigenvalue weighted by Crippen LogP contribution is 2.28. The van der Waals surface area contributed by atoms with Gasteiger partial charge >= 0.3 is 0 Å². The standard InChI is InChI=1S/C26H30N2O4S/c1-5-24(21-12-14-22(32-4)15-13-21)27-26(29)18-28(25-16-11-19(2)17-20(25)3)33(30,31)23-9-7-6-8-10-23/h6-17,24H,5,18H2,1-4H3,(H,27,29)/t24-/m1/s1. The number of hydrogen-bond donors (Lipinski definition) is 1. The number of rotatable bonds is 9. The van der Waals surface area contributed by atoms with E-state index in [1.54, 1.807) is 31.4 Å². The third-order valence-electron chi connectivity index (χ3n) is 5.50. The normalized spacial score (nSPS) is 12.1. The lowest BCUT2D eigenvalue weighted by Crippen LogP contribution is -2.42. The topological polar surface area (TPSA) is 75.7 Å². The van der Waals surface area contributed by atoms with Gasteiger partial charge in [0.15, 0.2) is 0 Å². The molecule has 0 fully saturated rings. The first-order chi connectivity index (χ1) is 15.8. The summed E-state index contributed by atoms with van der Waals surface area (Å²) < 4.78 is 33.5. The Balaban J connectivity index is 1.91. The zero-order valence-electron chi connectivity index (χ0n) is 19.4. The van der Waals surface area contributed by atoms with Gasteiger partial charge in [-0.05, 0) is 61.7 Å². The van der Waals surface area contributed by atoms with E-state index in [1.807, 2.05) is 57.2 Å². The number of sulfonamides is 1. The van der Waals surface area contributed by atoms with Gasteiger partial charge < -0.3 is 10.1 Å². The Bertz CT molecular complexity index is 1190. The van der Waals surface area contributed by atoms with Gasteiger partial charge in [-0.2, -0.15) is 0 Å². The average Bonchev–Trinajstić information content (AvgIpc) is 2.82. The Morgan fingerprint density at radius 1 is 1.00 bits per heavy atom. The summed E-state index contributed by atoms with van der Waals surface area (Å²) in [6.45, 7) is 5.44. The van der Waals surface area contributed by atoms with Crippen molar-refractivity contribution in [3.8, 4) is 5.75 Å². The van der Waals surface area contributed by atoms with Crippen molar-refractivity contribution in [1.82, 2.24) is 5.32 Å². The molecule has 0 heterocycles. The van der Waals surface area contributed by atoms with Gasteiger partial charge in [-0.3, -0.25) is 9.10 Å². The van der Waals surface area contributed by atoms with E-state index in [4.69, 9.17) is 4.74 Å². The van der Waals surface area contributed by atoms with Gasteiger partial charge in [0.1, 0.15) is 12.3 Å². The Morgan fingerprint density at radius 3 is 2.24 bits per heavy atom. The molecule has 7 heteroatoms. The molecule has 174 valence electrons. The molecule has 0 spiro atoms. The van der Waals surface area contributed by atoms with Crippen LogP contribution in [0.4, 0.5) is 5.69 Å². The van der Waals surface area contributed by atoms with Gasteiger partial charge in [0.2, 0.25) is 5.91 Å². The summed E-state index contributed by atoms with van der Waals surface area (Å²) >= 11 is 0. The summed E-state index contributed by atoms with van der Waals surface area (Å²) in [5.74, 6) is 0.354. The zero-order valence-corrected chi connectivity index (χ0v) is 20.2. The van der Waals surface area contributed by atoms with Gasteiger partial charge in [0.25, 0.3) is 10.0 Å². The molecule has 0 unspecified atom stereocenters. The van der Waals surface area contributed by atoms with Crippen LogP contribution in [0.5, 0.6) is 5.75 Å². The lowest BCUT2D eigenvalue weighted by Gasteiger charge is -2.27. The number of amides is 1. The third kappa shape index (κ3) is 5.73.